The van der Waals surface area contributed by atoms with Crippen LogP contribution in [0.2, 0.25) is 0 Å². The molecule has 1 N–H and O–H groups in total. The normalized spacial score (nSPS) is 15.0. The number of hydrogen-bond donors (Lipinski definition) is 1. The van der Waals surface area contributed by atoms with Gasteiger partial charge in [0.15, 0.2) is 6.10 Å². The second kappa shape index (κ2) is 8.26. The molecule has 1 aliphatic heterocycles. The predicted molar refractivity (Wildman–Crippen MR) is 107 cm³/mol. The highest BCUT2D eigenvalue weighted by Gasteiger charge is 2.19. The molecule has 0 radical (unpaired) electrons. The lowest BCUT2D eigenvalue weighted by atomic mass is 10.1. The van der Waals surface area contributed by atoms with Crippen LogP contribution in [0.15, 0.2) is 42.5 Å². The van der Waals surface area contributed by atoms with E-state index in [-0.39, 0.29) is 5.91 Å². The Bertz CT molecular complexity index is 749. The van der Waals surface area contributed by atoms with Crippen LogP contribution in [-0.2, 0) is 4.79 Å². The van der Waals surface area contributed by atoms with Crippen molar-refractivity contribution in [3.05, 3.63) is 53.6 Å². The highest BCUT2D eigenvalue weighted by molar-refractivity contribution is 5.94. The Morgan fingerprint density at radius 3 is 2.42 bits per heavy atom. The SMILES string of the molecule is CC[C@@H](Oc1ccc(C)cc1C)C(=O)Nc1ccc(N2CCCC2)cc1. The van der Waals surface area contributed by atoms with E-state index in [0.29, 0.717) is 6.42 Å². The Morgan fingerprint density at radius 2 is 1.81 bits per heavy atom. The van der Waals surface area contributed by atoms with E-state index < -0.39 is 6.10 Å². The van der Waals surface area contributed by atoms with Crippen LogP contribution in [0.25, 0.3) is 0 Å². The number of rotatable bonds is 6. The summed E-state index contributed by atoms with van der Waals surface area (Å²) in [7, 11) is 0. The minimum Gasteiger partial charge on any atom is -0.480 e. The van der Waals surface area contributed by atoms with Crippen molar-refractivity contribution in [2.75, 3.05) is 23.3 Å². The van der Waals surface area contributed by atoms with Crippen LogP contribution in [0.3, 0.4) is 0 Å². The first-order valence-electron chi connectivity index (χ1n) is 9.46. The number of carbonyl (C=O) groups excluding carboxylic acids is 1. The molecular weight excluding hydrogens is 324 g/mol. The summed E-state index contributed by atoms with van der Waals surface area (Å²) in [5.74, 6) is 0.656. The predicted octanol–water partition coefficient (Wildman–Crippen LogP) is 4.70. The van der Waals surface area contributed by atoms with Gasteiger partial charge in [-0.2, -0.15) is 0 Å². The van der Waals surface area contributed by atoms with Crippen molar-refractivity contribution in [2.24, 2.45) is 0 Å². The molecular formula is C22H28N2O2. The molecule has 4 heteroatoms. The number of hydrogen-bond acceptors (Lipinski definition) is 3. The molecule has 0 bridgehead atoms. The number of carbonyl (C=O) groups is 1. The lowest BCUT2D eigenvalue weighted by Gasteiger charge is -2.20. The zero-order valence-corrected chi connectivity index (χ0v) is 15.9. The number of anilines is 2. The molecule has 1 saturated heterocycles. The summed E-state index contributed by atoms with van der Waals surface area (Å²) in [6, 6.07) is 14.1. The van der Waals surface area contributed by atoms with E-state index in [0.717, 1.165) is 30.1 Å². The van der Waals surface area contributed by atoms with Crippen LogP contribution in [0.5, 0.6) is 5.75 Å². The third-order valence-electron chi connectivity index (χ3n) is 4.87. The van der Waals surface area contributed by atoms with E-state index in [1.807, 2.05) is 45.0 Å². The number of ether oxygens (including phenoxy) is 1. The molecule has 26 heavy (non-hydrogen) atoms. The molecule has 1 atom stereocenters. The first kappa shape index (κ1) is 18.3. The number of amides is 1. The van der Waals surface area contributed by atoms with Gasteiger partial charge in [-0.15, -0.1) is 0 Å². The van der Waals surface area contributed by atoms with Crippen molar-refractivity contribution in [3.8, 4) is 5.75 Å². The molecule has 2 aromatic carbocycles. The second-order valence-electron chi connectivity index (χ2n) is 7.01. The average molecular weight is 352 g/mol. The maximum atomic E-state index is 12.6. The van der Waals surface area contributed by atoms with Crippen LogP contribution in [0.4, 0.5) is 11.4 Å². The topological polar surface area (TPSA) is 41.6 Å². The van der Waals surface area contributed by atoms with Gasteiger partial charge in [0.1, 0.15) is 5.75 Å². The molecule has 0 spiro atoms. The van der Waals surface area contributed by atoms with E-state index in [2.05, 4.69) is 28.4 Å². The Labute approximate surface area is 156 Å². The molecule has 3 rings (SSSR count). The number of nitrogens with zero attached hydrogens (tertiary/aromatic N) is 1. The fraction of sp³-hybridized carbons (Fsp3) is 0.409. The van der Waals surface area contributed by atoms with Gasteiger partial charge in [0.05, 0.1) is 0 Å². The van der Waals surface area contributed by atoms with Crippen LogP contribution < -0.4 is 15.0 Å². The van der Waals surface area contributed by atoms with Gasteiger partial charge in [0, 0.05) is 24.5 Å². The van der Waals surface area contributed by atoms with Crippen molar-refractivity contribution < 1.29 is 9.53 Å². The summed E-state index contributed by atoms with van der Waals surface area (Å²) in [5.41, 5.74) is 4.26. The smallest absolute Gasteiger partial charge is 0.265 e. The zero-order chi connectivity index (χ0) is 18.5. The molecule has 0 aromatic heterocycles. The van der Waals surface area contributed by atoms with Gasteiger partial charge in [-0.3, -0.25) is 4.79 Å². The van der Waals surface area contributed by atoms with Crippen molar-refractivity contribution >= 4 is 17.3 Å². The Morgan fingerprint density at radius 1 is 1.12 bits per heavy atom. The Hall–Kier alpha value is -2.49. The Balaban J connectivity index is 1.63. The van der Waals surface area contributed by atoms with Crippen molar-refractivity contribution in [3.63, 3.8) is 0 Å². The monoisotopic (exact) mass is 352 g/mol. The Kier molecular flexibility index (Phi) is 5.82. The summed E-state index contributed by atoms with van der Waals surface area (Å²) in [6.45, 7) is 8.25. The largest absolute Gasteiger partial charge is 0.480 e. The van der Waals surface area contributed by atoms with E-state index in [1.54, 1.807) is 0 Å². The molecule has 1 amide bonds. The summed E-state index contributed by atoms with van der Waals surface area (Å²) in [4.78, 5) is 15.0. The number of benzene rings is 2. The summed E-state index contributed by atoms with van der Waals surface area (Å²) < 4.78 is 5.97. The minimum atomic E-state index is -0.505. The fourth-order valence-electron chi connectivity index (χ4n) is 3.36. The third-order valence-corrected chi connectivity index (χ3v) is 4.87. The van der Waals surface area contributed by atoms with Crippen LogP contribution in [-0.4, -0.2) is 25.1 Å². The van der Waals surface area contributed by atoms with Gasteiger partial charge >= 0.3 is 0 Å². The summed E-state index contributed by atoms with van der Waals surface area (Å²) >= 11 is 0. The standard InChI is InChI=1S/C22H28N2O2/c1-4-20(26-21-12-7-16(2)15-17(21)3)22(25)23-18-8-10-19(11-9-18)24-13-5-6-14-24/h7-12,15,20H,4-6,13-14H2,1-3H3,(H,23,25)/t20-/m1/s1. The highest BCUT2D eigenvalue weighted by atomic mass is 16.5. The molecule has 0 aliphatic carbocycles. The van der Waals surface area contributed by atoms with Gasteiger partial charge in [0.2, 0.25) is 0 Å². The maximum absolute atomic E-state index is 12.6. The van der Waals surface area contributed by atoms with Crippen LogP contribution >= 0.6 is 0 Å². The summed E-state index contributed by atoms with van der Waals surface area (Å²) in [6.07, 6.45) is 2.62. The first-order chi connectivity index (χ1) is 12.6. The third kappa shape index (κ3) is 4.37. The quantitative estimate of drug-likeness (QED) is 0.819. The van der Waals surface area contributed by atoms with Gasteiger partial charge in [0.25, 0.3) is 5.91 Å². The fourth-order valence-corrected chi connectivity index (χ4v) is 3.36. The van der Waals surface area contributed by atoms with Gasteiger partial charge in [-0.25, -0.2) is 0 Å². The van der Waals surface area contributed by atoms with E-state index in [1.165, 1.54) is 24.1 Å². The van der Waals surface area contributed by atoms with Crippen LogP contribution in [0.1, 0.15) is 37.3 Å². The number of aryl methyl sites for hydroxylation is 2. The van der Waals surface area contributed by atoms with E-state index >= 15 is 0 Å². The molecule has 1 fully saturated rings. The van der Waals surface area contributed by atoms with Crippen molar-refractivity contribution in [1.29, 1.82) is 0 Å². The van der Waals surface area contributed by atoms with Gasteiger partial charge < -0.3 is 15.0 Å². The molecule has 0 saturated carbocycles. The molecule has 2 aromatic rings. The first-order valence-corrected chi connectivity index (χ1v) is 9.46. The average Bonchev–Trinajstić information content (AvgIpc) is 3.16. The molecule has 4 nitrogen and oxygen atoms in total. The van der Waals surface area contributed by atoms with E-state index in [9.17, 15) is 4.79 Å². The number of nitrogens with one attached hydrogen (secondary N) is 1. The minimum absolute atomic E-state index is 0.110. The molecule has 1 aliphatic rings. The molecule has 0 unspecified atom stereocenters. The molecule has 1 heterocycles. The highest BCUT2D eigenvalue weighted by Crippen LogP contribution is 2.23. The molecule has 138 valence electrons. The van der Waals surface area contributed by atoms with Crippen LogP contribution in [0, 0.1) is 13.8 Å². The lowest BCUT2D eigenvalue weighted by molar-refractivity contribution is -0.122. The van der Waals surface area contributed by atoms with Gasteiger partial charge in [-0.05, 0) is 69.0 Å². The summed E-state index contributed by atoms with van der Waals surface area (Å²) in [5, 5.41) is 2.98. The maximum Gasteiger partial charge on any atom is 0.265 e. The zero-order valence-electron chi connectivity index (χ0n) is 15.9. The van der Waals surface area contributed by atoms with Crippen molar-refractivity contribution in [2.45, 2.75) is 46.1 Å². The second-order valence-corrected chi connectivity index (χ2v) is 7.01. The van der Waals surface area contributed by atoms with Gasteiger partial charge in [-0.1, -0.05) is 24.6 Å². The van der Waals surface area contributed by atoms with Crippen molar-refractivity contribution in [1.82, 2.24) is 0 Å². The lowest BCUT2D eigenvalue weighted by Crippen LogP contribution is -2.32. The van der Waals surface area contributed by atoms with E-state index in [4.69, 9.17) is 4.74 Å².